The van der Waals surface area contributed by atoms with Crippen molar-refractivity contribution in [2.75, 3.05) is 13.7 Å². The Balaban J connectivity index is 2.79. The van der Waals surface area contributed by atoms with Crippen molar-refractivity contribution < 1.29 is 48.8 Å². The molecule has 174 valence electrons. The summed E-state index contributed by atoms with van der Waals surface area (Å²) in [5, 5.41) is 31.1. The van der Waals surface area contributed by atoms with E-state index in [1.165, 1.54) is 36.4 Å². The van der Waals surface area contributed by atoms with Crippen molar-refractivity contribution in [3.05, 3.63) is 71.8 Å². The van der Waals surface area contributed by atoms with Crippen LogP contribution in [0.1, 0.15) is 20.7 Å². The molecular formula is C22H21NO10. The Morgan fingerprint density at radius 3 is 1.70 bits per heavy atom. The van der Waals surface area contributed by atoms with Crippen LogP contribution >= 0.6 is 0 Å². The lowest BCUT2D eigenvalue weighted by Gasteiger charge is -2.38. The fraction of sp³-hybridized carbons (Fsp3) is 0.227. The van der Waals surface area contributed by atoms with Gasteiger partial charge in [0.05, 0.1) is 13.7 Å². The molecule has 5 N–H and O–H groups in total. The Kier molecular flexibility index (Phi) is 7.77. The average Bonchev–Trinajstić information content (AvgIpc) is 2.83. The average molecular weight is 459 g/mol. The third-order valence-electron chi connectivity index (χ3n) is 4.82. The standard InChI is InChI=1S/C22H21NO10/c1-32-18(26)15(23)12-33-22(20(29)30,17(25)14-10-6-3-7-11-14)21(31,19(27)28)16(24)13-8-4-2-5-9-13/h2-11,15,31H,12,23H2,1H3,(H,27,28)(H,29,30)/t15-,21?,22?/m0/s1. The molecule has 0 radical (unpaired) electrons. The largest absolute Gasteiger partial charge is 0.479 e. The van der Waals surface area contributed by atoms with Crippen LogP contribution in [0.5, 0.6) is 0 Å². The van der Waals surface area contributed by atoms with E-state index in [9.17, 15) is 39.3 Å². The molecule has 11 heteroatoms. The minimum Gasteiger partial charge on any atom is -0.479 e. The van der Waals surface area contributed by atoms with Crippen LogP contribution in [-0.4, -0.2) is 75.8 Å². The van der Waals surface area contributed by atoms with Gasteiger partial charge in [0.1, 0.15) is 6.04 Å². The third kappa shape index (κ3) is 4.51. The minimum atomic E-state index is -3.96. The van der Waals surface area contributed by atoms with E-state index in [4.69, 9.17) is 10.5 Å². The second-order valence-electron chi connectivity index (χ2n) is 6.83. The highest BCUT2D eigenvalue weighted by Gasteiger charge is 2.71. The molecular weight excluding hydrogens is 438 g/mol. The molecule has 3 atom stereocenters. The molecule has 33 heavy (non-hydrogen) atoms. The summed E-state index contributed by atoms with van der Waals surface area (Å²) in [4.78, 5) is 63.0. The summed E-state index contributed by atoms with van der Waals surface area (Å²) in [6, 6.07) is 11.2. The summed E-state index contributed by atoms with van der Waals surface area (Å²) in [7, 11) is 0.980. The second kappa shape index (κ2) is 10.1. The van der Waals surface area contributed by atoms with Gasteiger partial charge < -0.3 is 30.5 Å². The summed E-state index contributed by atoms with van der Waals surface area (Å²) in [6.45, 7) is -1.07. The Morgan fingerprint density at radius 2 is 1.30 bits per heavy atom. The minimum absolute atomic E-state index is 0.382. The van der Waals surface area contributed by atoms with E-state index in [0.717, 1.165) is 31.4 Å². The highest BCUT2D eigenvalue weighted by atomic mass is 16.6. The number of ether oxygens (including phenoxy) is 2. The van der Waals surface area contributed by atoms with E-state index < -0.39 is 58.9 Å². The lowest BCUT2D eigenvalue weighted by molar-refractivity contribution is -0.197. The normalized spacial score (nSPS) is 15.4. The van der Waals surface area contributed by atoms with E-state index in [1.807, 2.05) is 0 Å². The number of benzene rings is 2. The van der Waals surface area contributed by atoms with Gasteiger partial charge >= 0.3 is 17.9 Å². The summed E-state index contributed by atoms with van der Waals surface area (Å²) in [5.41, 5.74) is -2.91. The number of aliphatic hydroxyl groups is 1. The van der Waals surface area contributed by atoms with E-state index in [2.05, 4.69) is 4.74 Å². The van der Waals surface area contributed by atoms with Gasteiger partial charge in [-0.3, -0.25) is 14.4 Å². The molecule has 2 unspecified atom stereocenters. The summed E-state index contributed by atoms with van der Waals surface area (Å²) < 4.78 is 9.55. The molecule has 0 aromatic heterocycles. The number of nitrogens with two attached hydrogens (primary N) is 1. The van der Waals surface area contributed by atoms with E-state index in [0.29, 0.717) is 0 Å². The van der Waals surface area contributed by atoms with Crippen LogP contribution in [0.3, 0.4) is 0 Å². The Bertz CT molecular complexity index is 1060. The maximum atomic E-state index is 13.4. The zero-order valence-corrected chi connectivity index (χ0v) is 17.3. The maximum absolute atomic E-state index is 13.4. The number of ketones is 2. The molecule has 0 bridgehead atoms. The lowest BCUT2D eigenvalue weighted by atomic mass is 9.72. The van der Waals surface area contributed by atoms with Crippen LogP contribution < -0.4 is 5.73 Å². The van der Waals surface area contributed by atoms with Gasteiger partial charge in [-0.25, -0.2) is 9.59 Å². The van der Waals surface area contributed by atoms with Gasteiger partial charge in [-0.15, -0.1) is 0 Å². The molecule has 0 saturated carbocycles. The first kappa shape index (κ1) is 25.3. The van der Waals surface area contributed by atoms with E-state index >= 15 is 0 Å². The predicted molar refractivity (Wildman–Crippen MR) is 110 cm³/mol. The van der Waals surface area contributed by atoms with Gasteiger partial charge in [0, 0.05) is 11.1 Å². The number of carboxylic acid groups (broad SMARTS) is 2. The van der Waals surface area contributed by atoms with Crippen LogP contribution in [-0.2, 0) is 23.9 Å². The first-order valence-electron chi connectivity index (χ1n) is 9.40. The smallest absolute Gasteiger partial charge is 0.348 e. The maximum Gasteiger partial charge on any atom is 0.348 e. The molecule has 0 aliphatic rings. The second-order valence-corrected chi connectivity index (χ2v) is 6.83. The van der Waals surface area contributed by atoms with Crippen molar-refractivity contribution in [1.82, 2.24) is 0 Å². The van der Waals surface area contributed by atoms with Gasteiger partial charge in [-0.2, -0.15) is 0 Å². The Hall–Kier alpha value is -3.93. The highest BCUT2D eigenvalue weighted by molar-refractivity contribution is 6.28. The number of Topliss-reactive ketones (excluding diaryl/α,β-unsaturated/α-hetero) is 2. The summed E-state index contributed by atoms with van der Waals surface area (Å²) in [5.74, 6) is -8.91. The van der Waals surface area contributed by atoms with Gasteiger partial charge in [-0.1, -0.05) is 60.7 Å². The van der Waals surface area contributed by atoms with E-state index in [-0.39, 0.29) is 5.56 Å². The number of esters is 1. The fourth-order valence-electron chi connectivity index (χ4n) is 3.08. The number of carboxylic acids is 2. The molecule has 0 saturated heterocycles. The van der Waals surface area contributed by atoms with Crippen LogP contribution in [0.4, 0.5) is 0 Å². The number of aliphatic carboxylic acids is 2. The molecule has 11 nitrogen and oxygen atoms in total. The summed E-state index contributed by atoms with van der Waals surface area (Å²) >= 11 is 0. The highest BCUT2D eigenvalue weighted by Crippen LogP contribution is 2.35. The number of hydrogen-bond donors (Lipinski definition) is 4. The molecule has 2 aromatic carbocycles. The first-order valence-corrected chi connectivity index (χ1v) is 9.40. The molecule has 0 aliphatic heterocycles. The zero-order valence-electron chi connectivity index (χ0n) is 17.3. The number of carbonyl (C=O) groups is 5. The van der Waals surface area contributed by atoms with E-state index in [1.54, 1.807) is 0 Å². The Labute approximate surface area is 187 Å². The molecule has 2 aromatic rings. The monoisotopic (exact) mass is 459 g/mol. The zero-order chi connectivity index (χ0) is 24.8. The molecule has 0 fully saturated rings. The van der Waals surface area contributed by atoms with Crippen molar-refractivity contribution in [3.8, 4) is 0 Å². The van der Waals surface area contributed by atoms with Gasteiger partial charge in [0.2, 0.25) is 11.6 Å². The Morgan fingerprint density at radius 1 is 0.848 bits per heavy atom. The third-order valence-corrected chi connectivity index (χ3v) is 4.82. The van der Waals surface area contributed by atoms with Crippen LogP contribution in [0.2, 0.25) is 0 Å². The van der Waals surface area contributed by atoms with Crippen LogP contribution in [0.15, 0.2) is 60.7 Å². The topological polar surface area (TPSA) is 191 Å². The molecule has 0 heterocycles. The van der Waals surface area contributed by atoms with Crippen LogP contribution in [0.25, 0.3) is 0 Å². The van der Waals surface area contributed by atoms with Crippen molar-refractivity contribution >= 4 is 29.5 Å². The fourth-order valence-corrected chi connectivity index (χ4v) is 3.08. The molecule has 0 amide bonds. The lowest BCUT2D eigenvalue weighted by Crippen LogP contribution is -2.73. The first-order chi connectivity index (χ1) is 15.5. The predicted octanol–water partition coefficient (Wildman–Crippen LogP) is -0.0918. The van der Waals surface area contributed by atoms with Gasteiger partial charge in [-0.05, 0) is 0 Å². The SMILES string of the molecule is COC(=O)[C@@H](N)COC(C(=O)O)(C(=O)c1ccccc1)C(O)(C(=O)O)C(=O)c1ccccc1. The van der Waals surface area contributed by atoms with Gasteiger partial charge in [0.15, 0.2) is 0 Å². The van der Waals surface area contributed by atoms with Crippen LogP contribution in [0, 0.1) is 0 Å². The molecule has 2 rings (SSSR count). The number of methoxy groups -OCH3 is 1. The van der Waals surface area contributed by atoms with Crippen molar-refractivity contribution in [2.45, 2.75) is 17.2 Å². The molecule has 0 spiro atoms. The van der Waals surface area contributed by atoms with Crippen molar-refractivity contribution in [3.63, 3.8) is 0 Å². The number of carbonyl (C=O) groups excluding carboxylic acids is 3. The van der Waals surface area contributed by atoms with Gasteiger partial charge in [0.25, 0.3) is 11.2 Å². The number of hydrogen-bond acceptors (Lipinski definition) is 9. The quantitative estimate of drug-likeness (QED) is 0.199. The molecule has 0 aliphatic carbocycles. The van der Waals surface area contributed by atoms with Crippen molar-refractivity contribution in [2.24, 2.45) is 5.73 Å². The van der Waals surface area contributed by atoms with Crippen molar-refractivity contribution in [1.29, 1.82) is 0 Å². The number of rotatable bonds is 11. The summed E-state index contributed by atoms with van der Waals surface area (Å²) in [6.07, 6.45) is 0.